The molecule has 9 heteroatoms. The Hall–Kier alpha value is -2.22. The number of aryl methyl sites for hydroxylation is 1. The molecule has 0 radical (unpaired) electrons. The highest BCUT2D eigenvalue weighted by Gasteiger charge is 2.24. The number of pyridine rings is 1. The zero-order chi connectivity index (χ0) is 15.6. The molecule has 0 aliphatic rings. The number of carboxylic acids is 1. The van der Waals surface area contributed by atoms with Crippen LogP contribution in [0.4, 0.5) is 8.78 Å². The molecule has 21 heavy (non-hydrogen) atoms. The van der Waals surface area contributed by atoms with Crippen LogP contribution in [0.2, 0.25) is 5.02 Å². The van der Waals surface area contributed by atoms with Crippen molar-refractivity contribution in [1.82, 2.24) is 14.8 Å². The second-order valence-electron chi connectivity index (χ2n) is 3.88. The minimum absolute atomic E-state index is 0.143. The molecule has 6 nitrogen and oxygen atoms in total. The summed E-state index contributed by atoms with van der Waals surface area (Å²) in [6.45, 7) is -1.02. The van der Waals surface area contributed by atoms with Crippen LogP contribution in [0.25, 0.3) is 11.3 Å². The van der Waals surface area contributed by atoms with Crippen molar-refractivity contribution in [2.75, 3.05) is 0 Å². The molecule has 0 saturated heterocycles. The van der Waals surface area contributed by atoms with Gasteiger partial charge in [0.2, 0.25) is 0 Å². The van der Waals surface area contributed by atoms with Gasteiger partial charge in [-0.2, -0.15) is 13.9 Å². The lowest BCUT2D eigenvalue weighted by atomic mass is 10.1. The molecule has 0 fully saturated rings. The van der Waals surface area contributed by atoms with E-state index in [1.807, 2.05) is 0 Å². The lowest BCUT2D eigenvalue weighted by Gasteiger charge is -2.11. The lowest BCUT2D eigenvalue weighted by molar-refractivity contribution is -0.0495. The second kappa shape index (κ2) is 6.04. The van der Waals surface area contributed by atoms with Gasteiger partial charge >= 0.3 is 12.6 Å². The van der Waals surface area contributed by atoms with Crippen molar-refractivity contribution in [2.45, 2.75) is 20.1 Å². The second-order valence-corrected chi connectivity index (χ2v) is 4.26. The van der Waals surface area contributed by atoms with Gasteiger partial charge in [0.25, 0.3) is 0 Å². The molecule has 0 amide bonds. The Labute approximate surface area is 122 Å². The first kappa shape index (κ1) is 15.2. The number of carboxylic acid groups (broad SMARTS) is 1. The van der Waals surface area contributed by atoms with Crippen molar-refractivity contribution < 1.29 is 23.4 Å². The summed E-state index contributed by atoms with van der Waals surface area (Å²) in [4.78, 5) is 14.9. The quantitative estimate of drug-likeness (QED) is 0.917. The van der Waals surface area contributed by atoms with E-state index in [-0.39, 0.29) is 27.7 Å². The smallest absolute Gasteiger partial charge is 0.387 e. The van der Waals surface area contributed by atoms with E-state index in [9.17, 15) is 13.6 Å². The molecule has 1 N–H and O–H groups in total. The number of alkyl halides is 2. The van der Waals surface area contributed by atoms with E-state index in [1.54, 1.807) is 6.92 Å². The van der Waals surface area contributed by atoms with Gasteiger partial charge in [-0.05, 0) is 13.0 Å². The Morgan fingerprint density at radius 2 is 2.29 bits per heavy atom. The maximum Gasteiger partial charge on any atom is 0.387 e. The number of aromatic nitrogens is 3. The van der Waals surface area contributed by atoms with Crippen LogP contribution in [0.5, 0.6) is 5.75 Å². The Morgan fingerprint density at radius 3 is 2.86 bits per heavy atom. The average Bonchev–Trinajstić information content (AvgIpc) is 2.76. The normalized spacial score (nSPS) is 10.9. The van der Waals surface area contributed by atoms with Crippen LogP contribution in [0.15, 0.2) is 18.5 Å². The highest BCUT2D eigenvalue weighted by molar-refractivity contribution is 6.35. The highest BCUT2D eigenvalue weighted by Crippen LogP contribution is 2.36. The summed E-state index contributed by atoms with van der Waals surface area (Å²) in [6, 6.07) is 1.24. The zero-order valence-corrected chi connectivity index (χ0v) is 11.5. The van der Waals surface area contributed by atoms with Gasteiger partial charge in [-0.3, -0.25) is 9.67 Å². The summed E-state index contributed by atoms with van der Waals surface area (Å²) in [6.07, 6.45) is 2.54. The van der Waals surface area contributed by atoms with Crippen LogP contribution >= 0.6 is 11.6 Å². The summed E-state index contributed by atoms with van der Waals surface area (Å²) < 4.78 is 30.6. The van der Waals surface area contributed by atoms with E-state index < -0.39 is 12.6 Å². The largest absolute Gasteiger partial charge is 0.476 e. The fourth-order valence-electron chi connectivity index (χ4n) is 1.82. The molecule has 2 aromatic rings. The molecule has 0 aromatic carbocycles. The predicted molar refractivity (Wildman–Crippen MR) is 69.7 cm³/mol. The van der Waals surface area contributed by atoms with Gasteiger partial charge in [0.15, 0.2) is 5.69 Å². The fraction of sp³-hybridized carbons (Fsp3) is 0.250. The molecule has 0 unspecified atom stereocenters. The van der Waals surface area contributed by atoms with E-state index in [0.717, 1.165) is 0 Å². The first-order valence-electron chi connectivity index (χ1n) is 5.84. The van der Waals surface area contributed by atoms with Crippen LogP contribution in [0, 0.1) is 0 Å². The monoisotopic (exact) mass is 317 g/mol. The third kappa shape index (κ3) is 2.94. The number of hydrogen-bond donors (Lipinski definition) is 1. The summed E-state index contributed by atoms with van der Waals surface area (Å²) in [7, 11) is 0. The molecule has 2 heterocycles. The zero-order valence-electron chi connectivity index (χ0n) is 10.8. The van der Waals surface area contributed by atoms with Crippen molar-refractivity contribution in [2.24, 2.45) is 0 Å². The van der Waals surface area contributed by atoms with Crippen LogP contribution < -0.4 is 4.74 Å². The predicted octanol–water partition coefficient (Wildman–Crippen LogP) is 2.92. The number of halogens is 3. The van der Waals surface area contributed by atoms with Gasteiger partial charge < -0.3 is 9.84 Å². The Kier molecular flexibility index (Phi) is 4.37. The summed E-state index contributed by atoms with van der Waals surface area (Å²) in [5, 5.41) is 12.7. The fourth-order valence-corrected chi connectivity index (χ4v) is 2.14. The molecule has 2 rings (SSSR count). The van der Waals surface area contributed by atoms with Gasteiger partial charge in [0.1, 0.15) is 10.8 Å². The van der Waals surface area contributed by atoms with Crippen molar-refractivity contribution in [1.29, 1.82) is 0 Å². The van der Waals surface area contributed by atoms with Gasteiger partial charge in [0, 0.05) is 18.9 Å². The SMILES string of the molecule is CCn1nc(C(=O)O)c(Cl)c1-c1cnccc1OC(F)F. The van der Waals surface area contributed by atoms with Crippen molar-refractivity contribution in [3.05, 3.63) is 29.2 Å². The maximum absolute atomic E-state index is 12.4. The van der Waals surface area contributed by atoms with E-state index in [1.165, 1.54) is 23.1 Å². The highest BCUT2D eigenvalue weighted by atomic mass is 35.5. The third-order valence-electron chi connectivity index (χ3n) is 2.65. The summed E-state index contributed by atoms with van der Waals surface area (Å²) >= 11 is 6.01. The van der Waals surface area contributed by atoms with Gasteiger partial charge in [-0.1, -0.05) is 11.6 Å². The number of carbonyl (C=O) groups is 1. The molecule has 112 valence electrons. The van der Waals surface area contributed by atoms with Crippen LogP contribution in [0.1, 0.15) is 17.4 Å². The van der Waals surface area contributed by atoms with Crippen LogP contribution in [-0.4, -0.2) is 32.5 Å². The molecule has 0 saturated carbocycles. The van der Waals surface area contributed by atoms with E-state index >= 15 is 0 Å². The number of hydrogen-bond acceptors (Lipinski definition) is 4. The van der Waals surface area contributed by atoms with E-state index in [4.69, 9.17) is 16.7 Å². The van der Waals surface area contributed by atoms with E-state index in [0.29, 0.717) is 6.54 Å². The molecule has 0 aliphatic carbocycles. The number of aromatic carboxylic acids is 1. The van der Waals surface area contributed by atoms with Crippen molar-refractivity contribution in [3.63, 3.8) is 0 Å². The van der Waals surface area contributed by atoms with E-state index in [2.05, 4.69) is 14.8 Å². The first-order chi connectivity index (χ1) is 9.95. The Bertz CT molecular complexity index is 676. The molecule has 0 bridgehead atoms. The molecular formula is C12H10ClF2N3O3. The minimum atomic E-state index is -3.03. The number of rotatable bonds is 5. The van der Waals surface area contributed by atoms with Crippen molar-refractivity contribution in [3.8, 4) is 17.0 Å². The van der Waals surface area contributed by atoms with Crippen LogP contribution in [0.3, 0.4) is 0 Å². The third-order valence-corrected chi connectivity index (χ3v) is 3.01. The topological polar surface area (TPSA) is 77.2 Å². The van der Waals surface area contributed by atoms with Crippen LogP contribution in [-0.2, 0) is 6.54 Å². The number of ether oxygens (including phenoxy) is 1. The Balaban J connectivity index is 2.64. The van der Waals surface area contributed by atoms with Gasteiger partial charge in [-0.25, -0.2) is 4.79 Å². The summed E-state index contributed by atoms with van der Waals surface area (Å²) in [5.74, 6) is -1.47. The molecule has 0 aliphatic heterocycles. The maximum atomic E-state index is 12.4. The van der Waals surface area contributed by atoms with Crippen molar-refractivity contribution >= 4 is 17.6 Å². The Morgan fingerprint density at radius 1 is 1.57 bits per heavy atom. The minimum Gasteiger partial charge on any atom is -0.476 e. The first-order valence-corrected chi connectivity index (χ1v) is 6.22. The summed E-state index contributed by atoms with van der Waals surface area (Å²) in [5.41, 5.74) is -0.0506. The molecule has 0 spiro atoms. The number of nitrogens with zero attached hydrogens (tertiary/aromatic N) is 3. The average molecular weight is 318 g/mol. The lowest BCUT2D eigenvalue weighted by Crippen LogP contribution is -2.06. The molecule has 2 aromatic heterocycles. The molecule has 0 atom stereocenters. The van der Waals surface area contributed by atoms with Gasteiger partial charge in [-0.15, -0.1) is 0 Å². The molecular weight excluding hydrogens is 308 g/mol. The standard InChI is InChI=1S/C12H10ClF2N3O3/c1-2-18-10(8(13)9(17-18)11(19)20)6-5-16-4-3-7(6)21-12(14)15/h3-5,12H,2H2,1H3,(H,19,20). The van der Waals surface area contributed by atoms with Gasteiger partial charge in [0.05, 0.1) is 11.3 Å².